The highest BCUT2D eigenvalue weighted by molar-refractivity contribution is 14.1. The highest BCUT2D eigenvalue weighted by Crippen LogP contribution is 2.38. The van der Waals surface area contributed by atoms with E-state index in [0.29, 0.717) is 32.8 Å². The molecule has 7 nitrogen and oxygen atoms in total. The lowest BCUT2D eigenvalue weighted by Gasteiger charge is -2.14. The zero-order chi connectivity index (χ0) is 26.5. The molecule has 3 aromatic rings. The van der Waals surface area contributed by atoms with Gasteiger partial charge in [0.2, 0.25) is 5.91 Å². The molecule has 1 aliphatic heterocycles. The normalized spacial score (nSPS) is 14.3. The van der Waals surface area contributed by atoms with Gasteiger partial charge in [-0.2, -0.15) is 0 Å². The number of carbonyl (C=O) groups excluding carboxylic acids is 3. The molecule has 0 spiro atoms. The molecule has 37 heavy (non-hydrogen) atoms. The van der Waals surface area contributed by atoms with Crippen molar-refractivity contribution >= 4 is 86.4 Å². The molecule has 1 aliphatic rings. The summed E-state index contributed by atoms with van der Waals surface area (Å²) in [6.45, 7) is -0.161. The van der Waals surface area contributed by atoms with E-state index in [1.54, 1.807) is 42.5 Å². The molecule has 3 amide bonds. The number of thioether (sulfide) groups is 1. The molecule has 4 rings (SSSR count). The van der Waals surface area contributed by atoms with Crippen LogP contribution >= 0.6 is 57.6 Å². The van der Waals surface area contributed by atoms with E-state index < -0.39 is 23.6 Å². The maximum atomic E-state index is 12.9. The average Bonchev–Trinajstić information content (AvgIpc) is 3.11. The Kier molecular flexibility index (Phi) is 9.01. The van der Waals surface area contributed by atoms with Crippen LogP contribution in [0.25, 0.3) is 6.08 Å². The number of amides is 3. The van der Waals surface area contributed by atoms with Gasteiger partial charge in [0.15, 0.2) is 11.5 Å². The van der Waals surface area contributed by atoms with Crippen LogP contribution in [0.3, 0.4) is 0 Å². The van der Waals surface area contributed by atoms with E-state index in [1.165, 1.54) is 7.11 Å². The molecule has 0 bridgehead atoms. The molecule has 0 aliphatic carbocycles. The molecule has 11 heteroatoms. The van der Waals surface area contributed by atoms with Crippen molar-refractivity contribution < 1.29 is 23.9 Å². The second-order valence-corrected chi connectivity index (χ2v) is 10.7. The molecule has 1 heterocycles. The number of anilines is 1. The van der Waals surface area contributed by atoms with Crippen LogP contribution in [0.2, 0.25) is 10.0 Å². The molecule has 0 unspecified atom stereocenters. The number of nitrogens with zero attached hydrogens (tertiary/aromatic N) is 1. The maximum absolute atomic E-state index is 12.9. The summed E-state index contributed by atoms with van der Waals surface area (Å²) in [7, 11) is 1.52. The van der Waals surface area contributed by atoms with Crippen molar-refractivity contribution in [2.45, 2.75) is 6.61 Å². The Morgan fingerprint density at radius 2 is 1.89 bits per heavy atom. The Hall–Kier alpha value is -2.73. The first kappa shape index (κ1) is 27.3. The van der Waals surface area contributed by atoms with Crippen LogP contribution in [0.5, 0.6) is 11.5 Å². The van der Waals surface area contributed by atoms with Crippen LogP contribution in [-0.2, 0) is 16.2 Å². The van der Waals surface area contributed by atoms with Crippen molar-refractivity contribution in [2.75, 3.05) is 19.0 Å². The summed E-state index contributed by atoms with van der Waals surface area (Å²) in [5.74, 6) is -0.0670. The van der Waals surface area contributed by atoms with Crippen LogP contribution in [0.1, 0.15) is 11.1 Å². The third kappa shape index (κ3) is 6.78. The van der Waals surface area contributed by atoms with Crippen LogP contribution in [0.4, 0.5) is 10.5 Å². The fraction of sp³-hybridized carbons (Fsp3) is 0.115. The smallest absolute Gasteiger partial charge is 0.294 e. The van der Waals surface area contributed by atoms with E-state index in [0.717, 1.165) is 25.8 Å². The fourth-order valence-electron chi connectivity index (χ4n) is 3.43. The van der Waals surface area contributed by atoms with Crippen molar-refractivity contribution in [1.29, 1.82) is 0 Å². The minimum atomic E-state index is -0.552. The predicted octanol–water partition coefficient (Wildman–Crippen LogP) is 6.86. The van der Waals surface area contributed by atoms with Crippen LogP contribution in [0.15, 0.2) is 65.6 Å². The van der Waals surface area contributed by atoms with E-state index in [4.69, 9.17) is 32.7 Å². The number of carbonyl (C=O) groups is 3. The minimum Gasteiger partial charge on any atom is -0.493 e. The average molecular weight is 669 g/mol. The van der Waals surface area contributed by atoms with Crippen molar-refractivity contribution in [3.63, 3.8) is 0 Å². The second kappa shape index (κ2) is 12.2. The molecule has 0 atom stereocenters. The highest BCUT2D eigenvalue weighted by Gasteiger charge is 2.36. The van der Waals surface area contributed by atoms with Crippen molar-refractivity contribution in [1.82, 2.24) is 4.90 Å². The SMILES string of the molecule is COc1cc(/C=C2/SC(=O)N(CC(=O)Nc3cccc(Cl)c3)C2=O)cc(I)c1OCc1ccccc1Cl. The zero-order valence-corrected chi connectivity index (χ0v) is 23.8. The quantitative estimate of drug-likeness (QED) is 0.209. The summed E-state index contributed by atoms with van der Waals surface area (Å²) < 4.78 is 12.2. The number of halogens is 3. The Bertz CT molecular complexity index is 1420. The first-order chi connectivity index (χ1) is 17.7. The third-order valence-corrected chi connectivity index (χ3v) is 7.48. The number of benzene rings is 3. The minimum absolute atomic E-state index is 0.197. The number of ether oxygens (including phenoxy) is 2. The van der Waals surface area contributed by atoms with E-state index in [2.05, 4.69) is 27.9 Å². The standard InChI is InChI=1S/C26H19Cl2IN2O5S/c1-35-21-10-15(9-20(29)24(21)36-14-16-5-2-3-8-19(16)28)11-22-25(33)31(26(34)37-22)13-23(32)30-18-7-4-6-17(27)12-18/h2-12H,13-14H2,1H3,(H,30,32)/b22-11+. The first-order valence-electron chi connectivity index (χ1n) is 10.8. The van der Waals surface area contributed by atoms with Gasteiger partial charge in [-0.3, -0.25) is 19.3 Å². The Morgan fingerprint density at radius 3 is 2.62 bits per heavy atom. The van der Waals surface area contributed by atoms with Gasteiger partial charge in [0.1, 0.15) is 13.2 Å². The van der Waals surface area contributed by atoms with E-state index >= 15 is 0 Å². The maximum Gasteiger partial charge on any atom is 0.294 e. The number of rotatable bonds is 8. The van der Waals surface area contributed by atoms with Gasteiger partial charge in [0.25, 0.3) is 11.1 Å². The lowest BCUT2D eigenvalue weighted by Crippen LogP contribution is -2.36. The molecule has 0 saturated carbocycles. The van der Waals surface area contributed by atoms with Gasteiger partial charge >= 0.3 is 0 Å². The van der Waals surface area contributed by atoms with E-state index in [9.17, 15) is 14.4 Å². The summed E-state index contributed by atoms with van der Waals surface area (Å²) >= 11 is 15.0. The lowest BCUT2D eigenvalue weighted by molar-refractivity contribution is -0.127. The third-order valence-electron chi connectivity index (χ3n) is 5.16. The fourth-order valence-corrected chi connectivity index (χ4v) is 5.43. The van der Waals surface area contributed by atoms with Gasteiger partial charge in [-0.05, 0) is 82.4 Å². The number of hydrogen-bond acceptors (Lipinski definition) is 6. The van der Waals surface area contributed by atoms with Crippen LogP contribution < -0.4 is 14.8 Å². The Balaban J connectivity index is 1.48. The monoisotopic (exact) mass is 668 g/mol. The molecular formula is C26H19Cl2IN2O5S. The van der Waals surface area contributed by atoms with Crippen molar-refractivity contribution in [2.24, 2.45) is 0 Å². The topological polar surface area (TPSA) is 84.9 Å². The number of methoxy groups -OCH3 is 1. The molecule has 1 saturated heterocycles. The molecule has 3 aromatic carbocycles. The van der Waals surface area contributed by atoms with Gasteiger partial charge in [0, 0.05) is 21.3 Å². The Morgan fingerprint density at radius 1 is 1.11 bits per heavy atom. The summed E-state index contributed by atoms with van der Waals surface area (Å²) in [6.07, 6.45) is 1.59. The predicted molar refractivity (Wildman–Crippen MR) is 154 cm³/mol. The molecule has 0 aromatic heterocycles. The lowest BCUT2D eigenvalue weighted by atomic mass is 10.1. The van der Waals surface area contributed by atoms with Crippen molar-refractivity contribution in [3.8, 4) is 11.5 Å². The summed E-state index contributed by atoms with van der Waals surface area (Å²) in [6, 6.07) is 17.5. The van der Waals surface area contributed by atoms with E-state index in [-0.39, 0.29) is 11.5 Å². The summed E-state index contributed by atoms with van der Waals surface area (Å²) in [5, 5.41) is 3.16. The van der Waals surface area contributed by atoms with E-state index in [1.807, 2.05) is 24.3 Å². The van der Waals surface area contributed by atoms with Crippen molar-refractivity contribution in [3.05, 3.63) is 90.3 Å². The first-order valence-corrected chi connectivity index (χ1v) is 13.4. The highest BCUT2D eigenvalue weighted by atomic mass is 127. The largest absolute Gasteiger partial charge is 0.493 e. The van der Waals surface area contributed by atoms with Gasteiger partial charge in [0.05, 0.1) is 15.6 Å². The second-order valence-electron chi connectivity index (χ2n) is 7.74. The van der Waals surface area contributed by atoms with Gasteiger partial charge in [-0.25, -0.2) is 0 Å². The van der Waals surface area contributed by atoms with Crippen LogP contribution in [0, 0.1) is 3.57 Å². The Labute approximate surface area is 241 Å². The molecular weight excluding hydrogens is 650 g/mol. The molecule has 0 radical (unpaired) electrons. The van der Waals surface area contributed by atoms with Gasteiger partial charge in [-0.1, -0.05) is 47.5 Å². The van der Waals surface area contributed by atoms with Gasteiger partial charge in [-0.15, -0.1) is 0 Å². The van der Waals surface area contributed by atoms with Gasteiger partial charge < -0.3 is 14.8 Å². The number of hydrogen-bond donors (Lipinski definition) is 1. The molecule has 1 fully saturated rings. The summed E-state index contributed by atoms with van der Waals surface area (Å²) in [5.41, 5.74) is 1.94. The number of nitrogens with one attached hydrogen (secondary N) is 1. The molecule has 190 valence electrons. The summed E-state index contributed by atoms with van der Waals surface area (Å²) in [4.78, 5) is 38.9. The molecule has 1 N–H and O–H groups in total. The van der Waals surface area contributed by atoms with Crippen LogP contribution in [-0.4, -0.2) is 35.6 Å². The number of imide groups is 1. The zero-order valence-electron chi connectivity index (χ0n) is 19.3.